The Morgan fingerprint density at radius 1 is 1.25 bits per heavy atom. The van der Waals surface area contributed by atoms with Gasteiger partial charge >= 0.3 is 0 Å². The summed E-state index contributed by atoms with van der Waals surface area (Å²) < 4.78 is 13.7. The summed E-state index contributed by atoms with van der Waals surface area (Å²) in [5.41, 5.74) is 4.28. The van der Waals surface area contributed by atoms with Crippen LogP contribution < -0.4 is 0 Å². The molecule has 0 atom stereocenters. The lowest BCUT2D eigenvalue weighted by Crippen LogP contribution is -1.84. The molecule has 0 aliphatic carbocycles. The second-order valence-electron chi connectivity index (χ2n) is 4.60. The number of nitrogens with one attached hydrogen (secondary N) is 1. The van der Waals surface area contributed by atoms with Gasteiger partial charge in [-0.2, -0.15) is 0 Å². The van der Waals surface area contributed by atoms with E-state index in [0.717, 1.165) is 27.5 Å². The smallest absolute Gasteiger partial charge is 0.166 e. The number of H-pyrrole nitrogens is 1. The molecule has 2 aromatic carbocycles. The van der Waals surface area contributed by atoms with Crippen LogP contribution in [-0.2, 0) is 5.75 Å². The number of rotatable bonds is 3. The fourth-order valence-electron chi connectivity index (χ4n) is 1.95. The van der Waals surface area contributed by atoms with E-state index in [-0.39, 0.29) is 5.82 Å². The maximum atomic E-state index is 13.2. The van der Waals surface area contributed by atoms with Gasteiger partial charge in [0.15, 0.2) is 5.16 Å². The fourth-order valence-corrected chi connectivity index (χ4v) is 3.20. The summed E-state index contributed by atoms with van der Waals surface area (Å²) in [5.74, 6) is 0.510. The Balaban J connectivity index is 1.77. The third kappa shape index (κ3) is 2.88. The molecule has 0 amide bonds. The predicted octanol–water partition coefficient (Wildman–Crippen LogP) is 5.07. The van der Waals surface area contributed by atoms with Crippen LogP contribution in [-0.4, -0.2) is 9.97 Å². The van der Waals surface area contributed by atoms with E-state index >= 15 is 0 Å². The van der Waals surface area contributed by atoms with Crippen molar-refractivity contribution in [3.05, 3.63) is 57.8 Å². The van der Waals surface area contributed by atoms with Crippen molar-refractivity contribution in [2.45, 2.75) is 17.8 Å². The molecule has 0 bridgehead atoms. The monoisotopic (exact) mass is 350 g/mol. The van der Waals surface area contributed by atoms with Crippen LogP contribution in [0.3, 0.4) is 0 Å². The van der Waals surface area contributed by atoms with Gasteiger partial charge in [0.1, 0.15) is 5.82 Å². The number of nitrogens with zero attached hydrogens (tertiary/aromatic N) is 1. The lowest BCUT2D eigenvalue weighted by molar-refractivity contribution is 0.620. The van der Waals surface area contributed by atoms with Crippen LogP contribution in [0.2, 0.25) is 0 Å². The van der Waals surface area contributed by atoms with E-state index in [1.807, 2.05) is 6.07 Å². The zero-order chi connectivity index (χ0) is 14.1. The highest BCUT2D eigenvalue weighted by Crippen LogP contribution is 2.25. The molecule has 1 N–H and O–H groups in total. The number of halogens is 2. The molecule has 0 aliphatic heterocycles. The topological polar surface area (TPSA) is 28.7 Å². The molecule has 0 unspecified atom stereocenters. The Morgan fingerprint density at radius 2 is 2.10 bits per heavy atom. The normalized spacial score (nSPS) is 11.2. The first kappa shape index (κ1) is 13.6. The predicted molar refractivity (Wildman–Crippen MR) is 84.5 cm³/mol. The van der Waals surface area contributed by atoms with Gasteiger partial charge in [-0.05, 0) is 58.2 Å². The molecular formula is C15H12BrFN2S. The number of hydrogen-bond donors (Lipinski definition) is 1. The van der Waals surface area contributed by atoms with Crippen LogP contribution in [0.5, 0.6) is 0 Å². The quantitative estimate of drug-likeness (QED) is 0.668. The number of thioether (sulfide) groups is 1. The minimum Gasteiger partial charge on any atom is -0.333 e. The highest BCUT2D eigenvalue weighted by atomic mass is 79.9. The molecule has 2 nitrogen and oxygen atoms in total. The van der Waals surface area contributed by atoms with Gasteiger partial charge in [0, 0.05) is 5.75 Å². The van der Waals surface area contributed by atoms with Crippen molar-refractivity contribution in [3.8, 4) is 0 Å². The maximum Gasteiger partial charge on any atom is 0.166 e. The van der Waals surface area contributed by atoms with Crippen molar-refractivity contribution in [1.29, 1.82) is 0 Å². The number of imidazole rings is 1. The third-order valence-corrected chi connectivity index (χ3v) is 4.53. The van der Waals surface area contributed by atoms with E-state index in [4.69, 9.17) is 0 Å². The Morgan fingerprint density at radius 3 is 2.90 bits per heavy atom. The lowest BCUT2D eigenvalue weighted by atomic mass is 10.2. The lowest BCUT2D eigenvalue weighted by Gasteiger charge is -2.01. The molecule has 0 saturated heterocycles. The third-order valence-electron chi connectivity index (χ3n) is 2.98. The second kappa shape index (κ2) is 5.58. The van der Waals surface area contributed by atoms with Crippen LogP contribution in [0.4, 0.5) is 4.39 Å². The minimum absolute atomic E-state index is 0.238. The van der Waals surface area contributed by atoms with E-state index in [9.17, 15) is 4.39 Å². The van der Waals surface area contributed by atoms with E-state index in [0.29, 0.717) is 4.47 Å². The Hall–Kier alpha value is -1.33. The first-order chi connectivity index (χ1) is 9.61. The van der Waals surface area contributed by atoms with Crippen molar-refractivity contribution in [2.24, 2.45) is 0 Å². The van der Waals surface area contributed by atoms with Crippen molar-refractivity contribution in [3.63, 3.8) is 0 Å². The average molecular weight is 351 g/mol. The second-order valence-corrected chi connectivity index (χ2v) is 6.42. The van der Waals surface area contributed by atoms with E-state index in [1.165, 1.54) is 11.6 Å². The first-order valence-electron chi connectivity index (χ1n) is 6.15. The standard InChI is InChI=1S/C15H12BrFN2S/c1-9-2-5-13-14(6-9)19-15(18-13)20-8-10-3-4-12(17)11(16)7-10/h2-7H,8H2,1H3,(H,18,19). The molecule has 0 fully saturated rings. The van der Waals surface area contributed by atoms with Crippen LogP contribution in [0, 0.1) is 12.7 Å². The van der Waals surface area contributed by atoms with Crippen LogP contribution >= 0.6 is 27.7 Å². The molecule has 0 saturated carbocycles. The summed E-state index contributed by atoms with van der Waals surface area (Å²) in [6.45, 7) is 2.06. The SMILES string of the molecule is Cc1ccc2nc(SCc3ccc(F)c(Br)c3)[nH]c2c1. The average Bonchev–Trinajstić information content (AvgIpc) is 2.82. The van der Waals surface area contributed by atoms with Gasteiger partial charge in [0.05, 0.1) is 15.5 Å². The first-order valence-corrected chi connectivity index (χ1v) is 7.93. The van der Waals surface area contributed by atoms with Crippen molar-refractivity contribution < 1.29 is 4.39 Å². The largest absolute Gasteiger partial charge is 0.333 e. The van der Waals surface area contributed by atoms with Gasteiger partial charge in [-0.3, -0.25) is 0 Å². The Labute approximate surface area is 128 Å². The van der Waals surface area contributed by atoms with E-state index < -0.39 is 0 Å². The number of aromatic nitrogens is 2. The number of fused-ring (bicyclic) bond motifs is 1. The molecule has 0 aliphatic rings. The van der Waals surface area contributed by atoms with Gasteiger partial charge in [-0.15, -0.1) is 0 Å². The number of benzene rings is 2. The highest BCUT2D eigenvalue weighted by molar-refractivity contribution is 9.10. The zero-order valence-electron chi connectivity index (χ0n) is 10.8. The van der Waals surface area contributed by atoms with Gasteiger partial charge in [-0.25, -0.2) is 9.37 Å². The molecule has 3 aromatic rings. The molecule has 0 radical (unpaired) electrons. The number of aryl methyl sites for hydroxylation is 1. The Kier molecular flexibility index (Phi) is 3.81. The summed E-state index contributed by atoms with van der Waals surface area (Å²) in [4.78, 5) is 7.83. The summed E-state index contributed by atoms with van der Waals surface area (Å²) in [7, 11) is 0. The van der Waals surface area contributed by atoms with Crippen molar-refractivity contribution in [1.82, 2.24) is 9.97 Å². The molecular weight excluding hydrogens is 339 g/mol. The maximum absolute atomic E-state index is 13.2. The minimum atomic E-state index is -0.238. The summed E-state index contributed by atoms with van der Waals surface area (Å²) in [6.07, 6.45) is 0. The summed E-state index contributed by atoms with van der Waals surface area (Å²) in [6, 6.07) is 11.2. The molecule has 1 heterocycles. The fraction of sp³-hybridized carbons (Fsp3) is 0.133. The number of hydrogen-bond acceptors (Lipinski definition) is 2. The summed E-state index contributed by atoms with van der Waals surface area (Å²) >= 11 is 4.81. The van der Waals surface area contributed by atoms with Crippen LogP contribution in [0.25, 0.3) is 11.0 Å². The van der Waals surface area contributed by atoms with Crippen molar-refractivity contribution in [2.75, 3.05) is 0 Å². The molecule has 102 valence electrons. The van der Waals surface area contributed by atoms with Crippen LogP contribution in [0.1, 0.15) is 11.1 Å². The van der Waals surface area contributed by atoms with E-state index in [1.54, 1.807) is 23.9 Å². The van der Waals surface area contributed by atoms with E-state index in [2.05, 4.69) is 45.0 Å². The summed E-state index contributed by atoms with van der Waals surface area (Å²) in [5, 5.41) is 0.881. The van der Waals surface area contributed by atoms with Crippen molar-refractivity contribution >= 4 is 38.7 Å². The van der Waals surface area contributed by atoms with Gasteiger partial charge in [0.25, 0.3) is 0 Å². The molecule has 20 heavy (non-hydrogen) atoms. The van der Waals surface area contributed by atoms with Gasteiger partial charge in [-0.1, -0.05) is 23.9 Å². The molecule has 5 heteroatoms. The molecule has 0 spiro atoms. The molecule has 3 rings (SSSR count). The van der Waals surface area contributed by atoms with Gasteiger partial charge < -0.3 is 4.98 Å². The molecule has 1 aromatic heterocycles. The zero-order valence-corrected chi connectivity index (χ0v) is 13.2. The van der Waals surface area contributed by atoms with Gasteiger partial charge in [0.2, 0.25) is 0 Å². The van der Waals surface area contributed by atoms with Crippen LogP contribution in [0.15, 0.2) is 46.0 Å². The number of aromatic amines is 1. The Bertz CT molecular complexity index is 770. The highest BCUT2D eigenvalue weighted by Gasteiger charge is 2.05.